The Balaban J connectivity index is 0.000000186. The molecule has 0 unspecified atom stereocenters. The minimum absolute atomic E-state index is 0.270. The number of phenols is 2. The summed E-state index contributed by atoms with van der Waals surface area (Å²) in [6.07, 6.45) is 6.17. The SMILES string of the molecule is CC1=CC(C)(C)Oc2c(C)c(C)c(O)c(C)c21.Cc1c(C)c2c(c(C)c1O)C=CC(C)(C)O2. The third-order valence-corrected chi connectivity index (χ3v) is 6.82. The second-order valence-corrected chi connectivity index (χ2v) is 10.5. The number of hydrogen-bond acceptors (Lipinski definition) is 4. The maximum Gasteiger partial charge on any atom is 0.131 e. The van der Waals surface area contributed by atoms with Crippen molar-refractivity contribution in [3.8, 4) is 23.0 Å². The first kappa shape index (κ1) is 24.8. The average Bonchev–Trinajstić information content (AvgIpc) is 2.72. The molecule has 0 fully saturated rings. The Morgan fingerprint density at radius 2 is 1.09 bits per heavy atom. The lowest BCUT2D eigenvalue weighted by Crippen LogP contribution is -2.29. The fourth-order valence-corrected chi connectivity index (χ4v) is 4.64. The number of rotatable bonds is 0. The smallest absolute Gasteiger partial charge is 0.131 e. The number of aromatic hydroxyl groups is 2. The van der Waals surface area contributed by atoms with Gasteiger partial charge < -0.3 is 19.7 Å². The van der Waals surface area contributed by atoms with Crippen LogP contribution in [0.25, 0.3) is 11.6 Å². The molecular weight excluding hydrogens is 412 g/mol. The lowest BCUT2D eigenvalue weighted by molar-refractivity contribution is 0.156. The van der Waals surface area contributed by atoms with Crippen LogP contribution in [-0.4, -0.2) is 21.4 Å². The van der Waals surface area contributed by atoms with Gasteiger partial charge in [0.25, 0.3) is 0 Å². The largest absolute Gasteiger partial charge is 0.507 e. The van der Waals surface area contributed by atoms with Gasteiger partial charge in [0.15, 0.2) is 0 Å². The molecule has 2 aromatic carbocycles. The normalized spacial score (nSPS) is 17.0. The van der Waals surface area contributed by atoms with Crippen molar-refractivity contribution in [3.05, 3.63) is 56.7 Å². The van der Waals surface area contributed by atoms with Crippen LogP contribution in [-0.2, 0) is 0 Å². The molecule has 2 aliphatic heterocycles. The van der Waals surface area contributed by atoms with Crippen molar-refractivity contribution >= 4 is 11.6 Å². The molecule has 0 radical (unpaired) electrons. The van der Waals surface area contributed by atoms with Gasteiger partial charge in [-0.25, -0.2) is 0 Å². The Morgan fingerprint density at radius 1 is 0.606 bits per heavy atom. The van der Waals surface area contributed by atoms with E-state index in [1.807, 2.05) is 67.5 Å². The van der Waals surface area contributed by atoms with E-state index in [-0.39, 0.29) is 11.2 Å². The van der Waals surface area contributed by atoms with Crippen LogP contribution in [0.2, 0.25) is 0 Å². The standard InChI is InChI=1S/C15H20O2.C14H18O2/c1-8-7-15(5,6)17-14-10(3)9(2)13(16)11(4)12(8)14;1-8-9(2)13-11(10(3)12(8)15)6-7-14(4,5)16-13/h7,16H,1-6H3;6-7,15H,1-5H3. The average molecular weight is 451 g/mol. The molecular formula is C29H38O4. The summed E-state index contributed by atoms with van der Waals surface area (Å²) in [4.78, 5) is 0. The lowest BCUT2D eigenvalue weighted by atomic mass is 9.88. The molecule has 178 valence electrons. The number of benzene rings is 2. The zero-order valence-electron chi connectivity index (χ0n) is 21.9. The Bertz CT molecular complexity index is 1190. The monoisotopic (exact) mass is 450 g/mol. The van der Waals surface area contributed by atoms with Gasteiger partial charge in [-0.05, 0) is 116 Å². The summed E-state index contributed by atoms with van der Waals surface area (Å²) in [6, 6.07) is 0. The third-order valence-electron chi connectivity index (χ3n) is 6.82. The van der Waals surface area contributed by atoms with Gasteiger partial charge in [0.05, 0.1) is 0 Å². The van der Waals surface area contributed by atoms with Gasteiger partial charge in [-0.2, -0.15) is 0 Å². The number of fused-ring (bicyclic) bond motifs is 2. The van der Waals surface area contributed by atoms with Gasteiger partial charge >= 0.3 is 0 Å². The quantitative estimate of drug-likeness (QED) is 0.439. The van der Waals surface area contributed by atoms with Gasteiger partial charge in [0.1, 0.15) is 34.2 Å². The molecule has 0 aliphatic carbocycles. The lowest BCUT2D eigenvalue weighted by Gasteiger charge is -2.33. The van der Waals surface area contributed by atoms with E-state index in [1.54, 1.807) is 0 Å². The first-order chi connectivity index (χ1) is 15.1. The summed E-state index contributed by atoms with van der Waals surface area (Å²) in [7, 11) is 0. The van der Waals surface area contributed by atoms with Crippen molar-refractivity contribution < 1.29 is 19.7 Å². The van der Waals surface area contributed by atoms with E-state index >= 15 is 0 Å². The molecule has 2 aliphatic rings. The van der Waals surface area contributed by atoms with E-state index in [0.29, 0.717) is 11.5 Å². The molecule has 4 rings (SSSR count). The second-order valence-electron chi connectivity index (χ2n) is 10.5. The number of hydrogen-bond donors (Lipinski definition) is 2. The molecule has 0 amide bonds. The van der Waals surface area contributed by atoms with Crippen molar-refractivity contribution in [1.29, 1.82) is 0 Å². The molecule has 0 saturated carbocycles. The molecule has 0 saturated heterocycles. The molecule has 2 aromatic rings. The minimum Gasteiger partial charge on any atom is -0.507 e. The highest BCUT2D eigenvalue weighted by atomic mass is 16.5. The van der Waals surface area contributed by atoms with Crippen LogP contribution >= 0.6 is 0 Å². The first-order valence-corrected chi connectivity index (χ1v) is 11.5. The van der Waals surface area contributed by atoms with Gasteiger partial charge in [0, 0.05) is 22.3 Å². The van der Waals surface area contributed by atoms with Crippen molar-refractivity contribution in [2.75, 3.05) is 0 Å². The van der Waals surface area contributed by atoms with Gasteiger partial charge in [-0.15, -0.1) is 0 Å². The van der Waals surface area contributed by atoms with E-state index in [2.05, 4.69) is 26.8 Å². The highest BCUT2D eigenvalue weighted by molar-refractivity contribution is 5.78. The van der Waals surface area contributed by atoms with E-state index in [0.717, 1.165) is 56.0 Å². The second kappa shape index (κ2) is 8.16. The van der Waals surface area contributed by atoms with E-state index in [4.69, 9.17) is 9.47 Å². The zero-order chi connectivity index (χ0) is 25.0. The van der Waals surface area contributed by atoms with Crippen LogP contribution in [0, 0.1) is 41.5 Å². The molecule has 0 bridgehead atoms. The number of phenolic OH excluding ortho intramolecular Hbond substituents is 2. The van der Waals surface area contributed by atoms with Crippen molar-refractivity contribution in [2.24, 2.45) is 0 Å². The van der Waals surface area contributed by atoms with Crippen LogP contribution in [0.3, 0.4) is 0 Å². The van der Waals surface area contributed by atoms with E-state index in [9.17, 15) is 10.2 Å². The Labute approximate surface area is 198 Å². The maximum absolute atomic E-state index is 10.1. The van der Waals surface area contributed by atoms with Gasteiger partial charge in [0.2, 0.25) is 0 Å². The number of allylic oxidation sites excluding steroid dienone is 1. The number of ether oxygens (including phenoxy) is 2. The summed E-state index contributed by atoms with van der Waals surface area (Å²) in [5, 5.41) is 20.1. The molecule has 2 N–H and O–H groups in total. The summed E-state index contributed by atoms with van der Waals surface area (Å²) in [6.45, 7) is 22.0. The van der Waals surface area contributed by atoms with Crippen LogP contribution in [0.15, 0.2) is 12.2 Å². The third kappa shape index (κ3) is 4.36. The minimum atomic E-state index is -0.280. The Hall–Kier alpha value is -2.88. The first-order valence-electron chi connectivity index (χ1n) is 11.5. The van der Waals surface area contributed by atoms with E-state index in [1.165, 1.54) is 5.57 Å². The van der Waals surface area contributed by atoms with E-state index < -0.39 is 0 Å². The molecule has 0 atom stereocenters. The van der Waals surface area contributed by atoms with Gasteiger partial charge in [-0.3, -0.25) is 0 Å². The molecule has 0 aromatic heterocycles. The molecule has 2 heterocycles. The predicted molar refractivity (Wildman–Crippen MR) is 137 cm³/mol. The fraction of sp³-hybridized carbons (Fsp3) is 0.448. The van der Waals surface area contributed by atoms with Crippen molar-refractivity contribution in [3.63, 3.8) is 0 Å². The van der Waals surface area contributed by atoms with Crippen LogP contribution in [0.4, 0.5) is 0 Å². The van der Waals surface area contributed by atoms with Crippen LogP contribution in [0.1, 0.15) is 79.1 Å². The van der Waals surface area contributed by atoms with Gasteiger partial charge in [-0.1, -0.05) is 6.08 Å². The van der Waals surface area contributed by atoms with Crippen molar-refractivity contribution in [1.82, 2.24) is 0 Å². The highest BCUT2D eigenvalue weighted by Crippen LogP contribution is 2.45. The molecule has 4 nitrogen and oxygen atoms in total. The Morgan fingerprint density at radius 3 is 1.67 bits per heavy atom. The fourth-order valence-electron chi connectivity index (χ4n) is 4.64. The molecule has 0 spiro atoms. The van der Waals surface area contributed by atoms with Crippen molar-refractivity contribution in [2.45, 2.75) is 87.4 Å². The highest BCUT2D eigenvalue weighted by Gasteiger charge is 2.29. The summed E-state index contributed by atoms with van der Waals surface area (Å²) >= 11 is 0. The summed E-state index contributed by atoms with van der Waals surface area (Å²) in [5.74, 6) is 2.59. The predicted octanol–water partition coefficient (Wildman–Crippen LogP) is 7.39. The molecule has 33 heavy (non-hydrogen) atoms. The zero-order valence-corrected chi connectivity index (χ0v) is 21.9. The Kier molecular flexibility index (Phi) is 6.12. The maximum atomic E-state index is 10.1. The summed E-state index contributed by atoms with van der Waals surface area (Å²) in [5.41, 5.74) is 8.34. The summed E-state index contributed by atoms with van der Waals surface area (Å²) < 4.78 is 12.0. The topological polar surface area (TPSA) is 58.9 Å². The van der Waals surface area contributed by atoms with Crippen LogP contribution < -0.4 is 9.47 Å². The van der Waals surface area contributed by atoms with Crippen LogP contribution in [0.5, 0.6) is 23.0 Å². The molecule has 4 heteroatoms.